The number of aryl methyl sites for hydroxylation is 3. The number of guanidine groups is 1. The number of hydrogen-bond donors (Lipinski definition) is 2. The van der Waals surface area contributed by atoms with Crippen molar-refractivity contribution in [3.63, 3.8) is 0 Å². The van der Waals surface area contributed by atoms with E-state index in [2.05, 4.69) is 37.7 Å². The molecule has 0 radical (unpaired) electrons. The van der Waals surface area contributed by atoms with E-state index in [0.717, 1.165) is 28.3 Å². The van der Waals surface area contributed by atoms with E-state index in [9.17, 15) is 0 Å². The van der Waals surface area contributed by atoms with Gasteiger partial charge in [-0.25, -0.2) is 9.98 Å². The molecule has 132 valence electrons. The molecule has 0 bridgehead atoms. The van der Waals surface area contributed by atoms with Crippen molar-refractivity contribution in [2.45, 2.75) is 52.7 Å². The molecule has 24 heavy (non-hydrogen) atoms. The molecule has 0 aromatic carbocycles. The molecular weight excluding hydrogens is 437 g/mol. The van der Waals surface area contributed by atoms with Crippen molar-refractivity contribution in [2.24, 2.45) is 12.0 Å². The number of halogens is 1. The van der Waals surface area contributed by atoms with Gasteiger partial charge in [-0.1, -0.05) is 0 Å². The molecule has 1 aliphatic carbocycles. The fourth-order valence-corrected chi connectivity index (χ4v) is 2.96. The molecule has 3 rings (SSSR count). The van der Waals surface area contributed by atoms with Gasteiger partial charge in [0.1, 0.15) is 17.4 Å². The summed E-state index contributed by atoms with van der Waals surface area (Å²) in [6, 6.07) is 0.544. The van der Waals surface area contributed by atoms with Crippen molar-refractivity contribution in [2.75, 3.05) is 0 Å². The van der Waals surface area contributed by atoms with E-state index < -0.39 is 0 Å². The average molecular weight is 461 g/mol. The zero-order valence-electron chi connectivity index (χ0n) is 14.5. The molecule has 1 saturated carbocycles. The minimum atomic E-state index is 0. The Kier molecular flexibility index (Phi) is 6.55. The summed E-state index contributed by atoms with van der Waals surface area (Å²) < 4.78 is 1.96. The van der Waals surface area contributed by atoms with Crippen LogP contribution in [0.25, 0.3) is 0 Å². The molecule has 0 spiro atoms. The summed E-state index contributed by atoms with van der Waals surface area (Å²) in [5, 5.41) is 16.1. The summed E-state index contributed by atoms with van der Waals surface area (Å²) in [6.07, 6.45) is 2.42. The highest BCUT2D eigenvalue weighted by atomic mass is 127. The third-order valence-corrected chi connectivity index (χ3v) is 5.03. The third kappa shape index (κ3) is 4.88. The molecule has 0 amide bonds. The van der Waals surface area contributed by atoms with E-state index in [1.54, 1.807) is 11.3 Å². The van der Waals surface area contributed by atoms with Crippen molar-refractivity contribution in [1.82, 2.24) is 30.4 Å². The molecule has 7 nitrogen and oxygen atoms in total. The maximum absolute atomic E-state index is 4.64. The van der Waals surface area contributed by atoms with Gasteiger partial charge in [0.2, 0.25) is 0 Å². The van der Waals surface area contributed by atoms with E-state index in [1.165, 1.54) is 17.7 Å². The van der Waals surface area contributed by atoms with E-state index in [0.29, 0.717) is 19.1 Å². The molecule has 0 atom stereocenters. The van der Waals surface area contributed by atoms with Gasteiger partial charge in [0.15, 0.2) is 11.8 Å². The van der Waals surface area contributed by atoms with Crippen LogP contribution < -0.4 is 10.6 Å². The van der Waals surface area contributed by atoms with Crippen molar-refractivity contribution in [3.05, 3.63) is 27.2 Å². The number of aliphatic imine (C=N–C) groups is 1. The lowest BCUT2D eigenvalue weighted by Gasteiger charge is -2.10. The topological polar surface area (TPSA) is 80.0 Å². The van der Waals surface area contributed by atoms with E-state index in [4.69, 9.17) is 0 Å². The smallest absolute Gasteiger partial charge is 0.192 e. The highest BCUT2D eigenvalue weighted by molar-refractivity contribution is 14.0. The van der Waals surface area contributed by atoms with Gasteiger partial charge in [0.25, 0.3) is 0 Å². The van der Waals surface area contributed by atoms with Gasteiger partial charge in [-0.05, 0) is 33.6 Å². The number of hydrogen-bond acceptors (Lipinski definition) is 5. The van der Waals surface area contributed by atoms with Crippen molar-refractivity contribution < 1.29 is 0 Å². The lowest BCUT2D eigenvalue weighted by molar-refractivity contribution is 0.748. The maximum Gasteiger partial charge on any atom is 0.192 e. The lowest BCUT2D eigenvalue weighted by Crippen LogP contribution is -2.38. The van der Waals surface area contributed by atoms with Gasteiger partial charge >= 0.3 is 0 Å². The summed E-state index contributed by atoms with van der Waals surface area (Å²) in [7, 11) is 1.96. The molecule has 2 N–H and O–H groups in total. The summed E-state index contributed by atoms with van der Waals surface area (Å²) >= 11 is 1.73. The molecule has 2 heterocycles. The molecule has 0 saturated heterocycles. The summed E-state index contributed by atoms with van der Waals surface area (Å²) in [4.78, 5) is 10.5. The van der Waals surface area contributed by atoms with Gasteiger partial charge in [-0.3, -0.25) is 0 Å². The zero-order valence-corrected chi connectivity index (χ0v) is 17.6. The Hall–Kier alpha value is -1.23. The quantitative estimate of drug-likeness (QED) is 0.406. The first-order chi connectivity index (χ1) is 11.0. The second kappa shape index (κ2) is 8.24. The number of nitrogens with one attached hydrogen (secondary N) is 2. The number of rotatable bonds is 5. The van der Waals surface area contributed by atoms with Crippen LogP contribution in [0.15, 0.2) is 4.99 Å². The predicted octanol–water partition coefficient (Wildman–Crippen LogP) is 2.21. The third-order valence-electron chi connectivity index (χ3n) is 3.96. The standard InChI is InChI=1S/C15H23N7S.HI/c1-9-10(2)23-14(18-9)8-17-15(19-12-5-6-12)16-7-13-21-20-11(3)22(13)4;/h12H,5-8H2,1-4H3,(H2,16,17,19);1H. The van der Waals surface area contributed by atoms with Crippen LogP contribution in [-0.2, 0) is 20.1 Å². The number of nitrogens with zero attached hydrogens (tertiary/aromatic N) is 5. The second-order valence-electron chi connectivity index (χ2n) is 5.91. The largest absolute Gasteiger partial charge is 0.354 e. The Labute approximate surface area is 163 Å². The van der Waals surface area contributed by atoms with Crippen LogP contribution in [0.1, 0.15) is 40.1 Å². The van der Waals surface area contributed by atoms with Gasteiger partial charge in [-0.2, -0.15) is 0 Å². The van der Waals surface area contributed by atoms with Crippen LogP contribution in [0.4, 0.5) is 0 Å². The minimum absolute atomic E-state index is 0. The Morgan fingerprint density at radius 3 is 2.58 bits per heavy atom. The first kappa shape index (κ1) is 19.1. The molecular formula is C15H24IN7S. The maximum atomic E-state index is 4.64. The monoisotopic (exact) mass is 461 g/mol. The van der Waals surface area contributed by atoms with Gasteiger partial charge < -0.3 is 15.2 Å². The molecule has 1 fully saturated rings. The minimum Gasteiger partial charge on any atom is -0.354 e. The van der Waals surface area contributed by atoms with E-state index in [-0.39, 0.29) is 24.0 Å². The van der Waals surface area contributed by atoms with Crippen LogP contribution in [-0.4, -0.2) is 31.7 Å². The van der Waals surface area contributed by atoms with Crippen LogP contribution in [0.5, 0.6) is 0 Å². The second-order valence-corrected chi connectivity index (χ2v) is 7.20. The lowest BCUT2D eigenvalue weighted by atomic mass is 10.4. The molecule has 2 aromatic rings. The van der Waals surface area contributed by atoms with Crippen LogP contribution in [0.3, 0.4) is 0 Å². The van der Waals surface area contributed by atoms with Crippen LogP contribution >= 0.6 is 35.3 Å². The number of aromatic nitrogens is 4. The Morgan fingerprint density at radius 1 is 1.29 bits per heavy atom. The van der Waals surface area contributed by atoms with Crippen LogP contribution in [0.2, 0.25) is 0 Å². The first-order valence-electron chi connectivity index (χ1n) is 7.85. The fraction of sp³-hybridized carbons (Fsp3) is 0.600. The predicted molar refractivity (Wildman–Crippen MR) is 107 cm³/mol. The highest BCUT2D eigenvalue weighted by Gasteiger charge is 2.22. The SMILES string of the molecule is Cc1nc(CNC(=NCc2nnc(C)n2C)NC2CC2)sc1C.I. The summed E-state index contributed by atoms with van der Waals surface area (Å²) in [6.45, 7) is 7.29. The average Bonchev–Trinajstić information content (AvgIpc) is 3.21. The molecule has 9 heteroatoms. The molecule has 0 unspecified atom stereocenters. The fourth-order valence-electron chi connectivity index (χ4n) is 2.09. The first-order valence-corrected chi connectivity index (χ1v) is 8.67. The zero-order chi connectivity index (χ0) is 16.4. The molecule has 0 aliphatic heterocycles. The molecule has 2 aromatic heterocycles. The summed E-state index contributed by atoms with van der Waals surface area (Å²) in [5.74, 6) is 2.58. The van der Waals surface area contributed by atoms with E-state index >= 15 is 0 Å². The summed E-state index contributed by atoms with van der Waals surface area (Å²) in [5.41, 5.74) is 1.11. The Balaban J connectivity index is 0.00000208. The highest BCUT2D eigenvalue weighted by Crippen LogP contribution is 2.19. The Bertz CT molecular complexity index is 698. The molecule has 1 aliphatic rings. The van der Waals surface area contributed by atoms with Crippen molar-refractivity contribution >= 4 is 41.3 Å². The van der Waals surface area contributed by atoms with Gasteiger partial charge in [0.05, 0.1) is 12.2 Å². The van der Waals surface area contributed by atoms with Crippen molar-refractivity contribution in [1.29, 1.82) is 0 Å². The van der Waals surface area contributed by atoms with Crippen molar-refractivity contribution in [3.8, 4) is 0 Å². The Morgan fingerprint density at radius 2 is 2.04 bits per heavy atom. The van der Waals surface area contributed by atoms with Gasteiger partial charge in [-0.15, -0.1) is 45.5 Å². The van der Waals surface area contributed by atoms with E-state index in [1.807, 2.05) is 25.5 Å². The van der Waals surface area contributed by atoms with Crippen LogP contribution in [0, 0.1) is 20.8 Å². The normalized spacial score (nSPS) is 14.4. The van der Waals surface area contributed by atoms with Gasteiger partial charge in [0, 0.05) is 18.0 Å². The number of thiazole rings is 1.